The molecule has 0 atom stereocenters. The van der Waals surface area contributed by atoms with Gasteiger partial charge in [0.2, 0.25) is 5.91 Å². The Hall–Kier alpha value is -3.43. The van der Waals surface area contributed by atoms with Crippen LogP contribution in [0.5, 0.6) is 0 Å². The zero-order valence-electron chi connectivity index (χ0n) is 16.1. The molecule has 9 heteroatoms. The number of hydrogen-bond donors (Lipinski definition) is 2. The second-order valence-electron chi connectivity index (χ2n) is 6.72. The minimum atomic E-state index is -0.434. The standard InChI is InChI=1S/C21H18N4O4S/c1-12-3-2-4-16(23-12)17-11-30-21(24-17)25-19(27)8-22-20(28)13-5-6-14-9-29-10-18(26)15(14)7-13/h2-7,11H,8-10H2,1H3,(H,22,28)(H,24,25,27). The van der Waals surface area contributed by atoms with E-state index >= 15 is 0 Å². The lowest BCUT2D eigenvalue weighted by molar-refractivity contribution is -0.115. The fraction of sp³-hybridized carbons (Fsp3) is 0.190. The lowest BCUT2D eigenvalue weighted by Crippen LogP contribution is -2.33. The van der Waals surface area contributed by atoms with Gasteiger partial charge in [0.1, 0.15) is 12.3 Å². The monoisotopic (exact) mass is 422 g/mol. The molecule has 0 bridgehead atoms. The third-order valence-corrected chi connectivity index (χ3v) is 5.23. The molecule has 8 nitrogen and oxygen atoms in total. The number of nitrogens with one attached hydrogen (secondary N) is 2. The summed E-state index contributed by atoms with van der Waals surface area (Å²) >= 11 is 1.28. The minimum Gasteiger partial charge on any atom is -0.369 e. The Morgan fingerprint density at radius 2 is 2.00 bits per heavy atom. The SMILES string of the molecule is Cc1cccc(-c2csc(NC(=O)CNC(=O)c3ccc4c(c3)C(=O)COC4)n2)n1. The molecule has 4 rings (SSSR count). The number of anilines is 1. The van der Waals surface area contributed by atoms with Crippen LogP contribution >= 0.6 is 11.3 Å². The van der Waals surface area contributed by atoms with Gasteiger partial charge < -0.3 is 15.4 Å². The van der Waals surface area contributed by atoms with Gasteiger partial charge in [0, 0.05) is 22.2 Å². The summed E-state index contributed by atoms with van der Waals surface area (Å²) < 4.78 is 5.17. The number of aryl methyl sites for hydroxylation is 1. The molecule has 3 heterocycles. The smallest absolute Gasteiger partial charge is 0.251 e. The number of benzene rings is 1. The number of ether oxygens (including phenoxy) is 1. The van der Waals surface area contributed by atoms with Gasteiger partial charge in [-0.25, -0.2) is 4.98 Å². The Morgan fingerprint density at radius 3 is 2.83 bits per heavy atom. The van der Waals surface area contributed by atoms with E-state index in [0.29, 0.717) is 28.6 Å². The summed E-state index contributed by atoms with van der Waals surface area (Å²) in [6.45, 7) is 2.03. The van der Waals surface area contributed by atoms with Gasteiger partial charge in [0.25, 0.3) is 5.91 Å². The van der Waals surface area contributed by atoms with Crippen LogP contribution < -0.4 is 10.6 Å². The highest BCUT2D eigenvalue weighted by atomic mass is 32.1. The normalized spacial score (nSPS) is 12.9. The molecule has 0 radical (unpaired) electrons. The number of amides is 2. The molecule has 3 aromatic rings. The number of carbonyl (C=O) groups is 3. The summed E-state index contributed by atoms with van der Waals surface area (Å²) in [6.07, 6.45) is 0. The minimum absolute atomic E-state index is 0.00828. The number of pyridine rings is 1. The fourth-order valence-electron chi connectivity index (χ4n) is 3.00. The molecule has 0 aliphatic carbocycles. The van der Waals surface area contributed by atoms with Crippen molar-refractivity contribution < 1.29 is 19.1 Å². The lowest BCUT2D eigenvalue weighted by Gasteiger charge is -2.16. The number of nitrogens with zero attached hydrogens (tertiary/aromatic N) is 2. The van der Waals surface area contributed by atoms with Crippen molar-refractivity contribution in [1.29, 1.82) is 0 Å². The zero-order chi connectivity index (χ0) is 21.1. The molecule has 0 spiro atoms. The first-order valence-electron chi connectivity index (χ1n) is 9.21. The molecular formula is C21H18N4O4S. The van der Waals surface area contributed by atoms with Crippen molar-refractivity contribution in [2.45, 2.75) is 13.5 Å². The third kappa shape index (κ3) is 4.42. The van der Waals surface area contributed by atoms with E-state index in [1.54, 1.807) is 12.1 Å². The van der Waals surface area contributed by atoms with Gasteiger partial charge >= 0.3 is 0 Å². The first-order chi connectivity index (χ1) is 14.5. The number of carbonyl (C=O) groups excluding carboxylic acids is 3. The van der Waals surface area contributed by atoms with Crippen LogP contribution in [-0.2, 0) is 16.1 Å². The summed E-state index contributed by atoms with van der Waals surface area (Å²) in [4.78, 5) is 45.2. The first kappa shape index (κ1) is 19.9. The van der Waals surface area contributed by atoms with Crippen molar-refractivity contribution in [2.24, 2.45) is 0 Å². The second-order valence-corrected chi connectivity index (χ2v) is 7.58. The lowest BCUT2D eigenvalue weighted by atomic mass is 9.99. The van der Waals surface area contributed by atoms with Crippen LogP contribution in [0.15, 0.2) is 41.8 Å². The van der Waals surface area contributed by atoms with Crippen LogP contribution in [0, 0.1) is 6.92 Å². The van der Waals surface area contributed by atoms with E-state index in [9.17, 15) is 14.4 Å². The molecule has 2 aromatic heterocycles. The van der Waals surface area contributed by atoms with Crippen molar-refractivity contribution in [2.75, 3.05) is 18.5 Å². The van der Waals surface area contributed by atoms with Crippen molar-refractivity contribution in [3.63, 3.8) is 0 Å². The van der Waals surface area contributed by atoms with E-state index in [1.807, 2.05) is 30.5 Å². The van der Waals surface area contributed by atoms with Crippen LogP contribution in [0.1, 0.15) is 32.0 Å². The highest BCUT2D eigenvalue weighted by Gasteiger charge is 2.19. The number of hydrogen-bond acceptors (Lipinski definition) is 7. The summed E-state index contributed by atoms with van der Waals surface area (Å²) in [6, 6.07) is 10.5. The topological polar surface area (TPSA) is 110 Å². The largest absolute Gasteiger partial charge is 0.369 e. The first-order valence-corrected chi connectivity index (χ1v) is 10.1. The molecule has 2 N–H and O–H groups in total. The summed E-state index contributed by atoms with van der Waals surface area (Å²) in [5, 5.41) is 7.46. The van der Waals surface area contributed by atoms with E-state index in [-0.39, 0.29) is 18.9 Å². The molecule has 2 amide bonds. The molecule has 1 aliphatic heterocycles. The van der Waals surface area contributed by atoms with Gasteiger partial charge in [-0.2, -0.15) is 0 Å². The van der Waals surface area contributed by atoms with Gasteiger partial charge in [-0.3, -0.25) is 19.4 Å². The number of rotatable bonds is 5. The average Bonchev–Trinajstić information content (AvgIpc) is 3.20. The van der Waals surface area contributed by atoms with Crippen molar-refractivity contribution in [3.05, 3.63) is 64.2 Å². The summed E-state index contributed by atoms with van der Waals surface area (Å²) in [5.41, 5.74) is 3.84. The maximum atomic E-state index is 12.4. The second kappa shape index (κ2) is 8.52. The van der Waals surface area contributed by atoms with Crippen LogP contribution in [-0.4, -0.2) is 40.7 Å². The molecule has 0 unspecified atom stereocenters. The molecule has 0 fully saturated rings. The van der Waals surface area contributed by atoms with E-state index in [4.69, 9.17) is 4.74 Å². The molecule has 152 valence electrons. The van der Waals surface area contributed by atoms with Crippen LogP contribution in [0.2, 0.25) is 0 Å². The highest BCUT2D eigenvalue weighted by Crippen LogP contribution is 2.23. The molecular weight excluding hydrogens is 404 g/mol. The molecule has 0 saturated carbocycles. The molecule has 0 saturated heterocycles. The van der Waals surface area contributed by atoms with Crippen molar-refractivity contribution >= 4 is 34.1 Å². The van der Waals surface area contributed by atoms with Gasteiger partial charge in [-0.1, -0.05) is 12.1 Å². The fourth-order valence-corrected chi connectivity index (χ4v) is 3.72. The molecule has 30 heavy (non-hydrogen) atoms. The maximum Gasteiger partial charge on any atom is 0.251 e. The predicted octanol–water partition coefficient (Wildman–Crippen LogP) is 2.59. The number of aromatic nitrogens is 2. The Bertz CT molecular complexity index is 1140. The Labute approximate surface area is 176 Å². The zero-order valence-corrected chi connectivity index (χ0v) is 16.9. The van der Waals surface area contributed by atoms with Crippen LogP contribution in [0.25, 0.3) is 11.4 Å². The van der Waals surface area contributed by atoms with Gasteiger partial charge in [0.05, 0.1) is 18.8 Å². The Balaban J connectivity index is 1.35. The van der Waals surface area contributed by atoms with E-state index < -0.39 is 11.8 Å². The van der Waals surface area contributed by atoms with E-state index in [1.165, 1.54) is 17.4 Å². The summed E-state index contributed by atoms with van der Waals surface area (Å²) in [5.74, 6) is -0.994. The third-order valence-electron chi connectivity index (χ3n) is 4.47. The number of ketones is 1. The Morgan fingerprint density at radius 1 is 1.13 bits per heavy atom. The van der Waals surface area contributed by atoms with Crippen molar-refractivity contribution in [3.8, 4) is 11.4 Å². The molecule has 1 aliphatic rings. The quantitative estimate of drug-likeness (QED) is 0.654. The van der Waals surface area contributed by atoms with Gasteiger partial charge in [-0.15, -0.1) is 11.3 Å². The predicted molar refractivity (Wildman–Crippen MR) is 111 cm³/mol. The van der Waals surface area contributed by atoms with Crippen molar-refractivity contribution in [1.82, 2.24) is 15.3 Å². The van der Waals surface area contributed by atoms with Crippen LogP contribution in [0.4, 0.5) is 5.13 Å². The van der Waals surface area contributed by atoms with Crippen LogP contribution in [0.3, 0.4) is 0 Å². The highest BCUT2D eigenvalue weighted by molar-refractivity contribution is 7.14. The number of Topliss-reactive ketones (excluding diaryl/α,β-unsaturated/α-hetero) is 1. The number of thiazole rings is 1. The van der Waals surface area contributed by atoms with Gasteiger partial charge in [-0.05, 0) is 36.8 Å². The average molecular weight is 422 g/mol. The number of fused-ring (bicyclic) bond motifs is 1. The Kier molecular flexibility index (Phi) is 5.64. The van der Waals surface area contributed by atoms with Gasteiger partial charge in [0.15, 0.2) is 10.9 Å². The van der Waals surface area contributed by atoms with E-state index in [0.717, 1.165) is 17.0 Å². The maximum absolute atomic E-state index is 12.4. The molecule has 1 aromatic carbocycles. The summed E-state index contributed by atoms with van der Waals surface area (Å²) in [7, 11) is 0. The van der Waals surface area contributed by atoms with E-state index in [2.05, 4.69) is 20.6 Å².